The Hall–Kier alpha value is -2.71. The van der Waals surface area contributed by atoms with E-state index in [9.17, 15) is 9.18 Å². The first-order valence-electron chi connectivity index (χ1n) is 8.59. The summed E-state index contributed by atoms with van der Waals surface area (Å²) >= 11 is 1.59. The number of nitrogens with one attached hydrogen (secondary N) is 1. The van der Waals surface area contributed by atoms with Crippen LogP contribution in [0, 0.1) is 5.82 Å². The van der Waals surface area contributed by atoms with Gasteiger partial charge in [0.1, 0.15) is 11.6 Å². The molecule has 140 valence electrons. The van der Waals surface area contributed by atoms with E-state index in [2.05, 4.69) is 15.2 Å². The average Bonchev–Trinajstić information content (AvgIpc) is 3.11. The number of hydrogen-bond acceptors (Lipinski definition) is 6. The van der Waals surface area contributed by atoms with Gasteiger partial charge in [-0.25, -0.2) is 9.37 Å². The molecule has 0 bridgehead atoms. The molecule has 27 heavy (non-hydrogen) atoms. The van der Waals surface area contributed by atoms with Crippen LogP contribution in [0.25, 0.3) is 10.2 Å². The molecule has 1 aliphatic heterocycles. The number of amides is 1. The van der Waals surface area contributed by atoms with E-state index in [1.807, 2.05) is 18.2 Å². The molecule has 1 aromatic heterocycles. The molecule has 6 nitrogen and oxygen atoms in total. The number of morpholine rings is 1. The fourth-order valence-corrected chi connectivity index (χ4v) is 3.84. The summed E-state index contributed by atoms with van der Waals surface area (Å²) < 4.78 is 24.8. The number of anilines is 2. The average molecular weight is 387 g/mol. The van der Waals surface area contributed by atoms with Crippen LogP contribution in [-0.2, 0) is 9.53 Å². The number of thiazole rings is 1. The molecule has 1 amide bonds. The van der Waals surface area contributed by atoms with Crippen molar-refractivity contribution in [3.05, 3.63) is 48.3 Å². The van der Waals surface area contributed by atoms with Crippen molar-refractivity contribution in [1.82, 2.24) is 4.98 Å². The van der Waals surface area contributed by atoms with Gasteiger partial charge in [0, 0.05) is 24.8 Å². The van der Waals surface area contributed by atoms with Crippen LogP contribution in [0.2, 0.25) is 0 Å². The van der Waals surface area contributed by atoms with Gasteiger partial charge in [-0.3, -0.25) is 4.79 Å². The van der Waals surface area contributed by atoms with Crippen LogP contribution in [0.15, 0.2) is 42.5 Å². The molecule has 4 rings (SSSR count). The summed E-state index contributed by atoms with van der Waals surface area (Å²) in [5.41, 5.74) is 1.57. The number of aromatic nitrogens is 1. The van der Waals surface area contributed by atoms with Crippen molar-refractivity contribution in [2.24, 2.45) is 0 Å². The highest BCUT2D eigenvalue weighted by molar-refractivity contribution is 7.22. The molecule has 1 aliphatic rings. The van der Waals surface area contributed by atoms with Gasteiger partial charge in [-0.1, -0.05) is 17.4 Å². The monoisotopic (exact) mass is 387 g/mol. The van der Waals surface area contributed by atoms with Gasteiger partial charge in [-0.2, -0.15) is 0 Å². The number of halogens is 1. The number of rotatable bonds is 5. The lowest BCUT2D eigenvalue weighted by molar-refractivity contribution is -0.118. The van der Waals surface area contributed by atoms with Crippen LogP contribution in [-0.4, -0.2) is 43.8 Å². The lowest BCUT2D eigenvalue weighted by Crippen LogP contribution is -2.36. The highest BCUT2D eigenvalue weighted by Gasteiger charge is 2.15. The van der Waals surface area contributed by atoms with Gasteiger partial charge in [-0.15, -0.1) is 0 Å². The minimum Gasteiger partial charge on any atom is -0.484 e. The molecule has 1 saturated heterocycles. The minimum atomic E-state index is -0.403. The van der Waals surface area contributed by atoms with Crippen LogP contribution in [0.3, 0.4) is 0 Å². The van der Waals surface area contributed by atoms with Crippen molar-refractivity contribution in [3.8, 4) is 5.75 Å². The summed E-state index contributed by atoms with van der Waals surface area (Å²) in [6, 6.07) is 11.3. The molecule has 0 unspecified atom stereocenters. The van der Waals surface area contributed by atoms with Gasteiger partial charge in [0.15, 0.2) is 11.7 Å². The Morgan fingerprint density at radius 3 is 2.93 bits per heavy atom. The zero-order valence-electron chi connectivity index (χ0n) is 14.5. The number of ether oxygens (including phenoxy) is 2. The molecule has 8 heteroatoms. The minimum absolute atomic E-state index is 0.191. The number of nitrogens with zero attached hydrogens (tertiary/aromatic N) is 2. The molecule has 3 aromatic rings. The molecule has 2 aromatic carbocycles. The van der Waals surface area contributed by atoms with Crippen LogP contribution in [0.1, 0.15) is 0 Å². The number of carbonyl (C=O) groups is 1. The third kappa shape index (κ3) is 4.35. The third-order valence-electron chi connectivity index (χ3n) is 4.11. The molecule has 0 atom stereocenters. The second-order valence-electron chi connectivity index (χ2n) is 6.07. The van der Waals surface area contributed by atoms with Crippen molar-refractivity contribution in [3.63, 3.8) is 0 Å². The van der Waals surface area contributed by atoms with Crippen LogP contribution in [0.4, 0.5) is 15.2 Å². The van der Waals surface area contributed by atoms with E-state index in [0.717, 1.165) is 28.4 Å². The van der Waals surface area contributed by atoms with Gasteiger partial charge < -0.3 is 19.7 Å². The normalized spacial score (nSPS) is 14.3. The Morgan fingerprint density at radius 1 is 1.26 bits per heavy atom. The van der Waals surface area contributed by atoms with Crippen molar-refractivity contribution in [2.45, 2.75) is 0 Å². The molecule has 1 fully saturated rings. The molecule has 0 aliphatic carbocycles. The summed E-state index contributed by atoms with van der Waals surface area (Å²) in [6.45, 7) is 2.90. The van der Waals surface area contributed by atoms with Gasteiger partial charge in [0.2, 0.25) is 0 Å². The fraction of sp³-hybridized carbons (Fsp3) is 0.263. The number of carbonyl (C=O) groups excluding carboxylic acids is 1. The quantitative estimate of drug-likeness (QED) is 0.728. The zero-order valence-corrected chi connectivity index (χ0v) is 15.3. The largest absolute Gasteiger partial charge is 0.484 e. The van der Waals surface area contributed by atoms with E-state index in [-0.39, 0.29) is 12.5 Å². The second kappa shape index (κ2) is 7.89. The van der Waals surface area contributed by atoms with Crippen LogP contribution in [0.5, 0.6) is 5.75 Å². The molecule has 0 radical (unpaired) electrons. The van der Waals surface area contributed by atoms with E-state index < -0.39 is 5.82 Å². The van der Waals surface area contributed by atoms with Crippen molar-refractivity contribution in [1.29, 1.82) is 0 Å². The second-order valence-corrected chi connectivity index (χ2v) is 7.08. The molecular formula is C19H18FN3O3S. The van der Waals surface area contributed by atoms with Crippen molar-refractivity contribution < 1.29 is 18.7 Å². The molecule has 1 N–H and O–H groups in total. The van der Waals surface area contributed by atoms with E-state index in [1.165, 1.54) is 18.2 Å². The zero-order chi connectivity index (χ0) is 18.6. The first kappa shape index (κ1) is 17.7. The first-order chi connectivity index (χ1) is 13.2. The third-order valence-corrected chi connectivity index (χ3v) is 5.19. The Bertz CT molecular complexity index is 956. The van der Waals surface area contributed by atoms with Crippen LogP contribution >= 0.6 is 11.3 Å². The van der Waals surface area contributed by atoms with Crippen LogP contribution < -0.4 is 15.0 Å². The summed E-state index contributed by atoms with van der Waals surface area (Å²) in [5, 5.41) is 3.76. The fourth-order valence-electron chi connectivity index (χ4n) is 2.78. The first-order valence-corrected chi connectivity index (χ1v) is 9.40. The maximum absolute atomic E-state index is 13.1. The number of benzene rings is 2. The van der Waals surface area contributed by atoms with Gasteiger partial charge >= 0.3 is 0 Å². The summed E-state index contributed by atoms with van der Waals surface area (Å²) in [6.07, 6.45) is 0. The molecular weight excluding hydrogens is 369 g/mol. The van der Waals surface area contributed by atoms with Gasteiger partial charge in [-0.05, 0) is 30.3 Å². The molecule has 2 heterocycles. The maximum Gasteiger partial charge on any atom is 0.262 e. The predicted molar refractivity (Wildman–Crippen MR) is 103 cm³/mol. The Morgan fingerprint density at radius 2 is 2.11 bits per heavy atom. The van der Waals surface area contributed by atoms with E-state index in [4.69, 9.17) is 9.47 Å². The summed E-state index contributed by atoms with van der Waals surface area (Å²) in [4.78, 5) is 19.0. The number of hydrogen-bond donors (Lipinski definition) is 1. The lowest BCUT2D eigenvalue weighted by atomic mass is 10.3. The molecule has 0 saturated carbocycles. The Kier molecular flexibility index (Phi) is 5.17. The van der Waals surface area contributed by atoms with Crippen molar-refractivity contribution >= 4 is 38.3 Å². The standard InChI is InChI=1S/C19H18FN3O3S/c20-13-2-1-3-15(10-13)26-12-18(24)21-14-4-5-16-17(11-14)27-19(22-16)23-6-8-25-9-7-23/h1-5,10-11H,6-9,12H2,(H,21,24). The van der Waals surface area contributed by atoms with Gasteiger partial charge in [0.05, 0.1) is 23.4 Å². The topological polar surface area (TPSA) is 63.7 Å². The highest BCUT2D eigenvalue weighted by atomic mass is 32.1. The maximum atomic E-state index is 13.1. The number of fused-ring (bicyclic) bond motifs is 1. The summed E-state index contributed by atoms with van der Waals surface area (Å²) in [7, 11) is 0. The smallest absolute Gasteiger partial charge is 0.262 e. The molecule has 0 spiro atoms. The van der Waals surface area contributed by atoms with Gasteiger partial charge in [0.25, 0.3) is 5.91 Å². The SMILES string of the molecule is O=C(COc1cccc(F)c1)Nc1ccc2nc(N3CCOCC3)sc2c1. The Balaban J connectivity index is 1.40. The Labute approximate surface area is 159 Å². The van der Waals surface area contributed by atoms with E-state index >= 15 is 0 Å². The highest BCUT2D eigenvalue weighted by Crippen LogP contribution is 2.31. The lowest BCUT2D eigenvalue weighted by Gasteiger charge is -2.25. The van der Waals surface area contributed by atoms with E-state index in [0.29, 0.717) is 24.7 Å². The van der Waals surface area contributed by atoms with E-state index in [1.54, 1.807) is 17.4 Å². The predicted octanol–water partition coefficient (Wildman–Crippen LogP) is 3.29. The van der Waals surface area contributed by atoms with Crippen molar-refractivity contribution in [2.75, 3.05) is 43.1 Å². The summed E-state index contributed by atoms with van der Waals surface area (Å²) in [5.74, 6) is -0.394.